The first kappa shape index (κ1) is 23.4. The smallest absolute Gasteiger partial charge is 0.344 e. The largest absolute Gasteiger partial charge is 0.493 e. The predicted molar refractivity (Wildman–Crippen MR) is 123 cm³/mol. The zero-order valence-corrected chi connectivity index (χ0v) is 19.2. The standard InChI is InChI=1S/C26H31NO5/c1-5-29-25(28)17-31-22-11-12-24(21(16-22)15-18(2)3)30-14-13-23-19(4)32-26(27-23)20-9-7-6-8-10-20/h6-12,16,18H,5,13-15,17H2,1-4H3. The molecule has 0 amide bonds. The number of benzene rings is 2. The maximum absolute atomic E-state index is 11.6. The Balaban J connectivity index is 1.63. The monoisotopic (exact) mass is 437 g/mol. The van der Waals surface area contributed by atoms with Crippen LogP contribution in [0.2, 0.25) is 0 Å². The summed E-state index contributed by atoms with van der Waals surface area (Å²) in [5.74, 6) is 2.94. The van der Waals surface area contributed by atoms with Crippen LogP contribution in [0.25, 0.3) is 11.5 Å². The zero-order chi connectivity index (χ0) is 22.9. The van der Waals surface area contributed by atoms with E-state index >= 15 is 0 Å². The number of ether oxygens (including phenoxy) is 3. The van der Waals surface area contributed by atoms with E-state index in [0.29, 0.717) is 37.2 Å². The molecule has 0 saturated carbocycles. The van der Waals surface area contributed by atoms with Crippen molar-refractivity contribution in [2.45, 2.75) is 40.5 Å². The highest BCUT2D eigenvalue weighted by atomic mass is 16.6. The number of esters is 1. The molecule has 170 valence electrons. The molecule has 0 spiro atoms. The van der Waals surface area contributed by atoms with E-state index in [0.717, 1.165) is 34.8 Å². The second-order valence-electron chi connectivity index (χ2n) is 7.95. The summed E-state index contributed by atoms with van der Waals surface area (Å²) in [7, 11) is 0. The molecule has 2 aromatic carbocycles. The number of aryl methyl sites for hydroxylation is 1. The van der Waals surface area contributed by atoms with Gasteiger partial charge in [-0.25, -0.2) is 9.78 Å². The third-order valence-electron chi connectivity index (χ3n) is 4.83. The molecule has 3 aromatic rings. The van der Waals surface area contributed by atoms with E-state index in [2.05, 4.69) is 18.8 Å². The zero-order valence-electron chi connectivity index (χ0n) is 19.2. The van der Waals surface area contributed by atoms with Crippen molar-refractivity contribution >= 4 is 5.97 Å². The van der Waals surface area contributed by atoms with E-state index in [4.69, 9.17) is 18.6 Å². The van der Waals surface area contributed by atoms with Crippen LogP contribution in [-0.4, -0.2) is 30.8 Å². The predicted octanol–water partition coefficient (Wildman–Crippen LogP) is 5.41. The summed E-state index contributed by atoms with van der Waals surface area (Å²) in [6, 6.07) is 15.5. The fourth-order valence-electron chi connectivity index (χ4n) is 3.35. The molecule has 0 unspecified atom stereocenters. The number of aromatic nitrogens is 1. The van der Waals surface area contributed by atoms with Gasteiger partial charge in [0.2, 0.25) is 5.89 Å². The maximum atomic E-state index is 11.6. The summed E-state index contributed by atoms with van der Waals surface area (Å²) in [6.07, 6.45) is 1.48. The van der Waals surface area contributed by atoms with Crippen molar-refractivity contribution in [3.05, 3.63) is 65.5 Å². The first-order chi connectivity index (χ1) is 15.5. The van der Waals surface area contributed by atoms with E-state index < -0.39 is 0 Å². The molecule has 0 atom stereocenters. The Morgan fingerprint density at radius 2 is 1.88 bits per heavy atom. The fourth-order valence-corrected chi connectivity index (χ4v) is 3.35. The van der Waals surface area contributed by atoms with Crippen LogP contribution in [0, 0.1) is 12.8 Å². The fraction of sp³-hybridized carbons (Fsp3) is 0.385. The molecule has 1 aromatic heterocycles. The summed E-state index contributed by atoms with van der Waals surface area (Å²) in [4.78, 5) is 16.2. The van der Waals surface area contributed by atoms with Crippen molar-refractivity contribution in [2.75, 3.05) is 19.8 Å². The van der Waals surface area contributed by atoms with E-state index in [1.807, 2.05) is 55.5 Å². The number of hydrogen-bond donors (Lipinski definition) is 0. The first-order valence-corrected chi connectivity index (χ1v) is 11.0. The number of carbonyl (C=O) groups excluding carboxylic acids is 1. The van der Waals surface area contributed by atoms with Crippen molar-refractivity contribution in [1.29, 1.82) is 0 Å². The summed E-state index contributed by atoms with van der Waals surface area (Å²) in [6.45, 7) is 8.72. The van der Waals surface area contributed by atoms with Gasteiger partial charge in [0, 0.05) is 12.0 Å². The van der Waals surface area contributed by atoms with Gasteiger partial charge in [0.25, 0.3) is 0 Å². The lowest BCUT2D eigenvalue weighted by molar-refractivity contribution is -0.145. The van der Waals surface area contributed by atoms with Gasteiger partial charge in [0.1, 0.15) is 17.3 Å². The van der Waals surface area contributed by atoms with Gasteiger partial charge >= 0.3 is 5.97 Å². The molecule has 0 aliphatic carbocycles. The normalized spacial score (nSPS) is 10.9. The van der Waals surface area contributed by atoms with Gasteiger partial charge in [0.05, 0.1) is 18.9 Å². The van der Waals surface area contributed by atoms with Crippen molar-refractivity contribution < 1.29 is 23.4 Å². The molecule has 0 saturated heterocycles. The Labute approximate surface area is 189 Å². The SMILES string of the molecule is CCOC(=O)COc1ccc(OCCc2nc(-c3ccccc3)oc2C)c(CC(C)C)c1. The summed E-state index contributed by atoms with van der Waals surface area (Å²) in [5.41, 5.74) is 2.90. The van der Waals surface area contributed by atoms with E-state index in [1.165, 1.54) is 0 Å². The van der Waals surface area contributed by atoms with Crippen molar-refractivity contribution in [2.24, 2.45) is 5.92 Å². The van der Waals surface area contributed by atoms with Gasteiger partial charge in [-0.2, -0.15) is 0 Å². The van der Waals surface area contributed by atoms with Gasteiger partial charge in [-0.3, -0.25) is 0 Å². The molecular weight excluding hydrogens is 406 g/mol. The molecule has 0 bridgehead atoms. The Morgan fingerprint density at radius 1 is 1.09 bits per heavy atom. The van der Waals surface area contributed by atoms with E-state index in [-0.39, 0.29) is 12.6 Å². The molecule has 6 nitrogen and oxygen atoms in total. The number of carbonyl (C=O) groups is 1. The first-order valence-electron chi connectivity index (χ1n) is 11.0. The quantitative estimate of drug-likeness (QED) is 0.374. The van der Waals surface area contributed by atoms with Crippen LogP contribution in [0.4, 0.5) is 0 Å². The number of nitrogens with zero attached hydrogens (tertiary/aromatic N) is 1. The van der Waals surface area contributed by atoms with Crippen LogP contribution < -0.4 is 9.47 Å². The van der Waals surface area contributed by atoms with E-state index in [1.54, 1.807) is 6.92 Å². The molecule has 0 aliphatic heterocycles. The molecule has 6 heteroatoms. The molecule has 0 N–H and O–H groups in total. The minimum atomic E-state index is -0.379. The molecule has 0 radical (unpaired) electrons. The van der Waals surface area contributed by atoms with Gasteiger partial charge in [-0.15, -0.1) is 0 Å². The van der Waals surface area contributed by atoms with Crippen LogP contribution >= 0.6 is 0 Å². The summed E-state index contributed by atoms with van der Waals surface area (Å²) >= 11 is 0. The van der Waals surface area contributed by atoms with Gasteiger partial charge < -0.3 is 18.6 Å². The van der Waals surface area contributed by atoms with Crippen LogP contribution in [0.5, 0.6) is 11.5 Å². The van der Waals surface area contributed by atoms with Crippen molar-refractivity contribution in [1.82, 2.24) is 4.98 Å². The lowest BCUT2D eigenvalue weighted by atomic mass is 10.0. The Bertz CT molecular complexity index is 1010. The lowest BCUT2D eigenvalue weighted by Crippen LogP contribution is -2.14. The van der Waals surface area contributed by atoms with Crippen molar-refractivity contribution in [3.8, 4) is 23.0 Å². The summed E-state index contributed by atoms with van der Waals surface area (Å²) < 4.78 is 22.4. The molecule has 3 rings (SSSR count). The molecule has 0 fully saturated rings. The number of oxazole rings is 1. The van der Waals surface area contributed by atoms with Gasteiger partial charge in [-0.1, -0.05) is 32.0 Å². The Morgan fingerprint density at radius 3 is 2.59 bits per heavy atom. The Kier molecular flexibility index (Phi) is 8.31. The highest BCUT2D eigenvalue weighted by Crippen LogP contribution is 2.27. The number of hydrogen-bond acceptors (Lipinski definition) is 6. The van der Waals surface area contributed by atoms with E-state index in [9.17, 15) is 4.79 Å². The molecular formula is C26H31NO5. The minimum absolute atomic E-state index is 0.107. The van der Waals surface area contributed by atoms with Crippen LogP contribution in [0.15, 0.2) is 52.9 Å². The molecule has 0 aliphatic rings. The topological polar surface area (TPSA) is 70.8 Å². The second-order valence-corrected chi connectivity index (χ2v) is 7.95. The van der Waals surface area contributed by atoms with Gasteiger partial charge in [0.15, 0.2) is 6.61 Å². The highest BCUT2D eigenvalue weighted by Gasteiger charge is 2.13. The maximum Gasteiger partial charge on any atom is 0.344 e. The Hall–Kier alpha value is -3.28. The van der Waals surface area contributed by atoms with Crippen molar-refractivity contribution in [3.63, 3.8) is 0 Å². The van der Waals surface area contributed by atoms with Gasteiger partial charge in [-0.05, 0) is 62.1 Å². The van der Waals surface area contributed by atoms with Crippen LogP contribution in [-0.2, 0) is 22.4 Å². The third kappa shape index (κ3) is 6.61. The van der Waals surface area contributed by atoms with Crippen LogP contribution in [0.3, 0.4) is 0 Å². The summed E-state index contributed by atoms with van der Waals surface area (Å²) in [5, 5.41) is 0. The lowest BCUT2D eigenvalue weighted by Gasteiger charge is -2.15. The van der Waals surface area contributed by atoms with Crippen LogP contribution in [0.1, 0.15) is 37.8 Å². The average molecular weight is 438 g/mol. The minimum Gasteiger partial charge on any atom is -0.493 e. The molecule has 32 heavy (non-hydrogen) atoms. The highest BCUT2D eigenvalue weighted by molar-refractivity contribution is 5.71. The molecule has 1 heterocycles. The second kappa shape index (κ2) is 11.4. The average Bonchev–Trinajstić information content (AvgIpc) is 3.14. The number of rotatable bonds is 11. The third-order valence-corrected chi connectivity index (χ3v) is 4.83.